The van der Waals surface area contributed by atoms with E-state index in [1.807, 2.05) is 0 Å². The molecule has 1 rings (SSSR count). The van der Waals surface area contributed by atoms with Gasteiger partial charge in [-0.1, -0.05) is 6.07 Å². The van der Waals surface area contributed by atoms with Crippen molar-refractivity contribution >= 4 is 27.5 Å². The van der Waals surface area contributed by atoms with Gasteiger partial charge in [0.25, 0.3) is 0 Å². The second-order valence-corrected chi connectivity index (χ2v) is 6.51. The molecular weight excluding hydrogens is 296 g/mol. The molecule has 8 nitrogen and oxygen atoms in total. The van der Waals surface area contributed by atoms with Gasteiger partial charge in [-0.25, -0.2) is 8.42 Å². The molecule has 1 aromatic carbocycles. The van der Waals surface area contributed by atoms with Gasteiger partial charge >= 0.3 is 0 Å². The van der Waals surface area contributed by atoms with Gasteiger partial charge < -0.3 is 17.2 Å². The maximum absolute atomic E-state index is 12.6. The Morgan fingerprint density at radius 3 is 2.00 bits per heavy atom. The minimum atomic E-state index is -4.17. The van der Waals surface area contributed by atoms with E-state index in [-0.39, 0.29) is 10.6 Å². The average molecular weight is 314 g/mol. The van der Waals surface area contributed by atoms with Crippen LogP contribution >= 0.6 is 0 Å². The fourth-order valence-corrected chi connectivity index (χ4v) is 3.62. The van der Waals surface area contributed by atoms with Gasteiger partial charge in [0, 0.05) is 0 Å². The molecule has 0 radical (unpaired) electrons. The van der Waals surface area contributed by atoms with E-state index in [0.717, 1.165) is 0 Å². The normalized spacial score (nSPS) is 11.6. The van der Waals surface area contributed by atoms with Crippen molar-refractivity contribution < 1.29 is 18.0 Å². The summed E-state index contributed by atoms with van der Waals surface area (Å²) < 4.78 is 25.9. The molecule has 0 saturated carbocycles. The number of primary amides is 2. The third-order valence-corrected chi connectivity index (χ3v) is 4.97. The van der Waals surface area contributed by atoms with Crippen LogP contribution in [0.15, 0.2) is 17.0 Å². The van der Waals surface area contributed by atoms with Gasteiger partial charge in [0.2, 0.25) is 21.8 Å². The molecular formula is C12H18N4O4S. The van der Waals surface area contributed by atoms with Gasteiger partial charge in [-0.3, -0.25) is 9.59 Å². The molecule has 0 atom stereocenters. The number of hydrogen-bond acceptors (Lipinski definition) is 5. The summed E-state index contributed by atoms with van der Waals surface area (Å²) in [6.07, 6.45) is 0. The lowest BCUT2D eigenvalue weighted by Crippen LogP contribution is -2.43. The van der Waals surface area contributed by atoms with Gasteiger partial charge in [0.1, 0.15) is 4.90 Å². The summed E-state index contributed by atoms with van der Waals surface area (Å²) in [6.45, 7) is 2.00. The Balaban J connectivity index is 3.45. The van der Waals surface area contributed by atoms with Crippen molar-refractivity contribution in [2.75, 3.05) is 18.8 Å². The molecule has 0 spiro atoms. The Labute approximate surface area is 122 Å². The summed E-state index contributed by atoms with van der Waals surface area (Å²) in [6, 6.07) is 3.12. The van der Waals surface area contributed by atoms with Crippen molar-refractivity contribution in [3.8, 4) is 0 Å². The maximum Gasteiger partial charge on any atom is 0.246 e. The number of aryl methyl sites for hydroxylation is 1. The first-order valence-electron chi connectivity index (χ1n) is 5.99. The van der Waals surface area contributed by atoms with Crippen LogP contribution in [0.2, 0.25) is 0 Å². The van der Waals surface area contributed by atoms with E-state index in [2.05, 4.69) is 0 Å². The van der Waals surface area contributed by atoms with E-state index in [9.17, 15) is 18.0 Å². The van der Waals surface area contributed by atoms with Gasteiger partial charge in [-0.05, 0) is 31.0 Å². The molecule has 21 heavy (non-hydrogen) atoms. The van der Waals surface area contributed by atoms with Crippen LogP contribution in [0.25, 0.3) is 0 Å². The third kappa shape index (κ3) is 3.70. The van der Waals surface area contributed by atoms with E-state index in [0.29, 0.717) is 15.4 Å². The third-order valence-electron chi connectivity index (χ3n) is 2.97. The quantitative estimate of drug-likeness (QED) is 0.566. The van der Waals surface area contributed by atoms with E-state index in [1.54, 1.807) is 19.9 Å². The Kier molecular flexibility index (Phi) is 4.92. The van der Waals surface area contributed by atoms with E-state index in [1.165, 1.54) is 6.07 Å². The zero-order valence-corrected chi connectivity index (χ0v) is 12.6. The number of carbonyl (C=O) groups excluding carboxylic acids is 2. The largest absolute Gasteiger partial charge is 0.398 e. The van der Waals surface area contributed by atoms with Gasteiger partial charge in [-0.2, -0.15) is 4.31 Å². The minimum Gasteiger partial charge on any atom is -0.398 e. The summed E-state index contributed by atoms with van der Waals surface area (Å²) in [7, 11) is -4.17. The van der Waals surface area contributed by atoms with E-state index in [4.69, 9.17) is 17.2 Å². The van der Waals surface area contributed by atoms with Crippen molar-refractivity contribution in [3.05, 3.63) is 23.3 Å². The van der Waals surface area contributed by atoms with Crippen LogP contribution in [0.3, 0.4) is 0 Å². The lowest BCUT2D eigenvalue weighted by molar-refractivity contribution is -0.120. The molecule has 116 valence electrons. The summed E-state index contributed by atoms with van der Waals surface area (Å²) >= 11 is 0. The predicted molar refractivity (Wildman–Crippen MR) is 77.5 cm³/mol. The number of nitrogens with zero attached hydrogens (tertiary/aromatic N) is 1. The molecule has 0 heterocycles. The monoisotopic (exact) mass is 314 g/mol. The first-order chi connectivity index (χ1) is 9.57. The smallest absolute Gasteiger partial charge is 0.246 e. The second-order valence-electron chi connectivity index (χ2n) is 4.63. The molecule has 1 aromatic rings. The maximum atomic E-state index is 12.6. The highest BCUT2D eigenvalue weighted by molar-refractivity contribution is 7.89. The molecule has 0 unspecified atom stereocenters. The molecule has 9 heteroatoms. The SMILES string of the molecule is Cc1ccc(N)c(S(=O)(=O)N(CC(N)=O)CC(N)=O)c1C. The van der Waals surface area contributed by atoms with Crippen molar-refractivity contribution in [1.29, 1.82) is 0 Å². The Morgan fingerprint density at radius 1 is 1.10 bits per heavy atom. The Bertz CT molecular complexity index is 669. The van der Waals surface area contributed by atoms with Gasteiger partial charge in [0.05, 0.1) is 18.8 Å². The molecule has 0 aliphatic heterocycles. The van der Waals surface area contributed by atoms with Crippen molar-refractivity contribution in [2.45, 2.75) is 18.7 Å². The number of nitrogen functional groups attached to an aromatic ring is 1. The fourth-order valence-electron chi connectivity index (χ4n) is 1.86. The fraction of sp³-hybridized carbons (Fsp3) is 0.333. The Hall–Kier alpha value is -2.13. The van der Waals surface area contributed by atoms with Crippen molar-refractivity contribution in [1.82, 2.24) is 4.31 Å². The summed E-state index contributed by atoms with van der Waals surface area (Å²) in [5, 5.41) is 0. The highest BCUT2D eigenvalue weighted by Crippen LogP contribution is 2.28. The second kappa shape index (κ2) is 6.10. The molecule has 6 N–H and O–H groups in total. The minimum absolute atomic E-state index is 0.0250. The number of carbonyl (C=O) groups is 2. The van der Waals surface area contributed by atoms with Crippen LogP contribution < -0.4 is 17.2 Å². The molecule has 0 fully saturated rings. The van der Waals surface area contributed by atoms with Crippen LogP contribution in [0.1, 0.15) is 11.1 Å². The lowest BCUT2D eigenvalue weighted by atomic mass is 10.1. The summed E-state index contributed by atoms with van der Waals surface area (Å²) in [4.78, 5) is 21.9. The van der Waals surface area contributed by atoms with Crippen molar-refractivity contribution in [3.63, 3.8) is 0 Å². The number of amides is 2. The van der Waals surface area contributed by atoms with E-state index < -0.39 is 34.9 Å². The Morgan fingerprint density at radius 2 is 1.57 bits per heavy atom. The van der Waals surface area contributed by atoms with Crippen LogP contribution in [0.5, 0.6) is 0 Å². The van der Waals surface area contributed by atoms with Crippen LogP contribution in [0.4, 0.5) is 5.69 Å². The number of benzene rings is 1. The predicted octanol–water partition coefficient (Wildman–Crippen LogP) is -1.15. The van der Waals surface area contributed by atoms with Crippen LogP contribution in [-0.2, 0) is 19.6 Å². The first-order valence-corrected chi connectivity index (χ1v) is 7.43. The highest BCUT2D eigenvalue weighted by atomic mass is 32.2. The van der Waals surface area contributed by atoms with Crippen molar-refractivity contribution in [2.24, 2.45) is 11.5 Å². The van der Waals surface area contributed by atoms with E-state index >= 15 is 0 Å². The van der Waals surface area contributed by atoms with Crippen LogP contribution in [0, 0.1) is 13.8 Å². The lowest BCUT2D eigenvalue weighted by Gasteiger charge is -2.22. The van der Waals surface area contributed by atoms with Crippen LogP contribution in [-0.4, -0.2) is 37.6 Å². The number of rotatable bonds is 6. The summed E-state index contributed by atoms with van der Waals surface area (Å²) in [5.74, 6) is -1.80. The zero-order valence-electron chi connectivity index (χ0n) is 11.8. The summed E-state index contributed by atoms with van der Waals surface area (Å²) in [5.41, 5.74) is 17.0. The molecule has 0 saturated heterocycles. The molecule has 0 aromatic heterocycles. The molecule has 0 bridgehead atoms. The van der Waals surface area contributed by atoms with Gasteiger partial charge in [0.15, 0.2) is 0 Å². The molecule has 2 amide bonds. The topological polar surface area (TPSA) is 150 Å². The average Bonchev–Trinajstić information content (AvgIpc) is 2.32. The standard InChI is InChI=1S/C12H18N4O4S/c1-7-3-4-9(13)12(8(7)2)21(19,20)16(5-10(14)17)6-11(15)18/h3-4H,5-6,13H2,1-2H3,(H2,14,17)(H2,15,18). The number of nitrogens with two attached hydrogens (primary N) is 3. The number of sulfonamides is 1. The van der Waals surface area contributed by atoms with Gasteiger partial charge in [-0.15, -0.1) is 0 Å². The number of hydrogen-bond donors (Lipinski definition) is 3. The molecule has 0 aliphatic rings. The number of anilines is 1. The highest BCUT2D eigenvalue weighted by Gasteiger charge is 2.30. The zero-order chi connectivity index (χ0) is 16.4. The first kappa shape index (κ1) is 16.9. The molecule has 0 aliphatic carbocycles.